The normalized spacial score (nSPS) is 20.2. The Bertz CT molecular complexity index is 1010. The second kappa shape index (κ2) is 10.5. The molecule has 2 saturated heterocycles. The molecule has 2 heterocycles. The molecule has 4 amide bonds. The summed E-state index contributed by atoms with van der Waals surface area (Å²) in [6.45, 7) is -1.50. The number of amides is 4. The van der Waals surface area contributed by atoms with Crippen LogP contribution in [0.15, 0.2) is 60.7 Å². The molecule has 2 unspecified atom stereocenters. The lowest BCUT2D eigenvalue weighted by atomic mass is 10.1. The Kier molecular flexibility index (Phi) is 7.27. The van der Waals surface area contributed by atoms with Crippen LogP contribution in [0.2, 0.25) is 0 Å². The van der Waals surface area contributed by atoms with E-state index in [-0.39, 0.29) is 13.2 Å². The summed E-state index contributed by atoms with van der Waals surface area (Å²) in [5.41, 5.74) is 1.39. The molecule has 0 aromatic heterocycles. The van der Waals surface area contributed by atoms with Crippen molar-refractivity contribution in [2.75, 3.05) is 26.4 Å². The van der Waals surface area contributed by atoms with Crippen molar-refractivity contribution < 1.29 is 42.3 Å². The van der Waals surface area contributed by atoms with Gasteiger partial charge in [-0.2, -0.15) is 0 Å². The number of nitrogens with zero attached hydrogens (tertiary/aromatic N) is 2. The van der Waals surface area contributed by atoms with E-state index >= 15 is 0 Å². The Morgan fingerprint density at radius 1 is 0.765 bits per heavy atom. The molecule has 12 heteroatoms. The Hall–Kier alpha value is -3.66. The first-order valence-corrected chi connectivity index (χ1v) is 11.4. The van der Waals surface area contributed by atoms with Crippen LogP contribution in [0.25, 0.3) is 0 Å². The third kappa shape index (κ3) is 5.12. The SMILES string of the molecule is O=C(CO[P+](=O)OCC(=O)N1C(=O)OCC1c1ccccc1)N1C(=O)OCC1c1ccccc1. The molecule has 11 nitrogen and oxygen atoms in total. The molecule has 0 saturated carbocycles. The fourth-order valence-corrected chi connectivity index (χ4v) is 4.13. The molecule has 0 spiro atoms. The zero-order valence-corrected chi connectivity index (χ0v) is 18.7. The van der Waals surface area contributed by atoms with E-state index in [4.69, 9.17) is 18.5 Å². The number of cyclic esters (lactones) is 2. The lowest BCUT2D eigenvalue weighted by Gasteiger charge is -2.19. The summed E-state index contributed by atoms with van der Waals surface area (Å²) >= 11 is 0. The highest BCUT2D eigenvalue weighted by atomic mass is 31.1. The first kappa shape index (κ1) is 23.5. The lowest BCUT2D eigenvalue weighted by molar-refractivity contribution is -0.131. The summed E-state index contributed by atoms with van der Waals surface area (Å²) < 4.78 is 31.8. The van der Waals surface area contributed by atoms with Gasteiger partial charge in [-0.05, 0) is 11.1 Å². The largest absolute Gasteiger partial charge is 0.698 e. The number of ether oxygens (including phenoxy) is 2. The molecule has 0 aliphatic carbocycles. The quantitative estimate of drug-likeness (QED) is 0.516. The molecule has 4 rings (SSSR count). The number of imide groups is 2. The number of carbonyl (C=O) groups is 4. The monoisotopic (exact) mass is 487 g/mol. The summed E-state index contributed by atoms with van der Waals surface area (Å²) in [6, 6.07) is 16.3. The van der Waals surface area contributed by atoms with E-state index < -0.39 is 57.6 Å². The third-order valence-corrected chi connectivity index (χ3v) is 5.92. The van der Waals surface area contributed by atoms with Crippen LogP contribution in [0.1, 0.15) is 23.2 Å². The van der Waals surface area contributed by atoms with Gasteiger partial charge in [-0.3, -0.25) is 9.59 Å². The van der Waals surface area contributed by atoms with Crippen LogP contribution in [-0.2, 0) is 32.7 Å². The van der Waals surface area contributed by atoms with Crippen molar-refractivity contribution in [1.82, 2.24) is 9.80 Å². The number of hydrogen-bond donors (Lipinski definition) is 0. The van der Waals surface area contributed by atoms with Crippen LogP contribution < -0.4 is 0 Å². The summed E-state index contributed by atoms with van der Waals surface area (Å²) in [7, 11) is -2.89. The van der Waals surface area contributed by atoms with Crippen LogP contribution in [0, 0.1) is 0 Å². The second-order valence-corrected chi connectivity index (χ2v) is 8.27. The average molecular weight is 487 g/mol. The van der Waals surface area contributed by atoms with Gasteiger partial charge in [0.05, 0.1) is 0 Å². The van der Waals surface area contributed by atoms with Gasteiger partial charge in [0.15, 0.2) is 13.2 Å². The molecule has 2 aliphatic rings. The predicted octanol–water partition coefficient (Wildman–Crippen LogP) is 3.12. The van der Waals surface area contributed by atoms with Crippen LogP contribution in [0.5, 0.6) is 0 Å². The van der Waals surface area contributed by atoms with E-state index in [1.54, 1.807) is 60.7 Å². The van der Waals surface area contributed by atoms with E-state index in [1.807, 2.05) is 0 Å². The summed E-state index contributed by atoms with van der Waals surface area (Å²) in [5.74, 6) is -1.55. The smallest absolute Gasteiger partial charge is 0.446 e. The first-order valence-electron chi connectivity index (χ1n) is 10.3. The maximum atomic E-state index is 12.5. The predicted molar refractivity (Wildman–Crippen MR) is 114 cm³/mol. The van der Waals surface area contributed by atoms with Crippen molar-refractivity contribution in [3.05, 3.63) is 71.8 Å². The molecule has 2 fully saturated rings. The molecular formula is C22H20N2O9P+. The lowest BCUT2D eigenvalue weighted by Crippen LogP contribution is -2.37. The standard InChI is InChI=1S/C22H20N2O9P/c25-19(23-17(11-30-21(23)27)15-7-3-1-4-8-15)13-32-34(29)33-14-20(26)24-18(12-31-22(24)28)16-9-5-2-6-10-16/h1-10,17-18H,11-14H2/q+1. The fraction of sp³-hybridized carbons (Fsp3) is 0.273. The van der Waals surface area contributed by atoms with Gasteiger partial charge < -0.3 is 9.47 Å². The van der Waals surface area contributed by atoms with E-state index in [2.05, 4.69) is 0 Å². The van der Waals surface area contributed by atoms with Crippen LogP contribution in [-0.4, -0.2) is 60.2 Å². The summed E-state index contributed by atoms with van der Waals surface area (Å²) in [5, 5.41) is 0. The van der Waals surface area contributed by atoms with Gasteiger partial charge in [0.25, 0.3) is 11.8 Å². The van der Waals surface area contributed by atoms with Crippen LogP contribution in [0.3, 0.4) is 0 Å². The topological polar surface area (TPSA) is 129 Å². The van der Waals surface area contributed by atoms with Gasteiger partial charge in [0, 0.05) is 4.57 Å². The van der Waals surface area contributed by atoms with Crippen molar-refractivity contribution in [2.24, 2.45) is 0 Å². The average Bonchev–Trinajstić information content (AvgIpc) is 3.44. The van der Waals surface area contributed by atoms with Gasteiger partial charge in [0.2, 0.25) is 0 Å². The third-order valence-electron chi connectivity index (χ3n) is 5.24. The van der Waals surface area contributed by atoms with Crippen molar-refractivity contribution in [2.45, 2.75) is 12.1 Å². The van der Waals surface area contributed by atoms with Crippen molar-refractivity contribution >= 4 is 32.3 Å². The number of hydrogen-bond acceptors (Lipinski definition) is 9. The molecule has 2 atom stereocenters. The maximum Gasteiger partial charge on any atom is 0.698 e. The molecule has 0 radical (unpaired) electrons. The van der Waals surface area contributed by atoms with E-state index in [1.165, 1.54) is 0 Å². The molecule has 0 N–H and O–H groups in total. The van der Waals surface area contributed by atoms with E-state index in [0.717, 1.165) is 9.80 Å². The number of carbonyl (C=O) groups excluding carboxylic acids is 4. The van der Waals surface area contributed by atoms with Crippen LogP contribution >= 0.6 is 8.25 Å². The molecule has 34 heavy (non-hydrogen) atoms. The zero-order chi connectivity index (χ0) is 24.1. The first-order chi connectivity index (χ1) is 16.5. The van der Waals surface area contributed by atoms with Crippen molar-refractivity contribution in [1.29, 1.82) is 0 Å². The highest BCUT2D eigenvalue weighted by Gasteiger charge is 2.42. The van der Waals surface area contributed by atoms with Gasteiger partial charge in [-0.15, -0.1) is 9.05 Å². The molecule has 176 valence electrons. The van der Waals surface area contributed by atoms with Crippen molar-refractivity contribution in [3.8, 4) is 0 Å². The number of benzene rings is 2. The summed E-state index contributed by atoms with van der Waals surface area (Å²) in [6.07, 6.45) is -1.68. The molecule has 2 aromatic carbocycles. The van der Waals surface area contributed by atoms with Crippen molar-refractivity contribution in [3.63, 3.8) is 0 Å². The minimum atomic E-state index is -2.89. The second-order valence-electron chi connectivity index (χ2n) is 7.30. The highest BCUT2D eigenvalue weighted by molar-refractivity contribution is 7.33. The molecule has 2 aromatic rings. The Morgan fingerprint density at radius 3 is 1.53 bits per heavy atom. The highest BCUT2D eigenvalue weighted by Crippen LogP contribution is 2.31. The summed E-state index contributed by atoms with van der Waals surface area (Å²) in [4.78, 5) is 50.8. The molecular weight excluding hydrogens is 467 g/mol. The Labute approximate surface area is 195 Å². The van der Waals surface area contributed by atoms with Gasteiger partial charge >= 0.3 is 20.4 Å². The maximum absolute atomic E-state index is 12.5. The van der Waals surface area contributed by atoms with Gasteiger partial charge in [0.1, 0.15) is 25.3 Å². The van der Waals surface area contributed by atoms with E-state index in [0.29, 0.717) is 11.1 Å². The molecule has 0 bridgehead atoms. The Morgan fingerprint density at radius 2 is 1.15 bits per heavy atom. The Balaban J connectivity index is 1.29. The van der Waals surface area contributed by atoms with Crippen LogP contribution in [0.4, 0.5) is 9.59 Å². The van der Waals surface area contributed by atoms with Gasteiger partial charge in [-0.25, -0.2) is 19.4 Å². The number of rotatable bonds is 8. The minimum absolute atomic E-state index is 0.0137. The van der Waals surface area contributed by atoms with E-state index in [9.17, 15) is 23.7 Å². The molecule has 2 aliphatic heterocycles. The van der Waals surface area contributed by atoms with Gasteiger partial charge in [-0.1, -0.05) is 60.7 Å². The zero-order valence-electron chi connectivity index (χ0n) is 17.8. The fourth-order valence-electron chi connectivity index (χ4n) is 3.63. The minimum Gasteiger partial charge on any atom is -0.446 e.